The number of carbonyl (C=O) groups is 16. The standard InChI is InChI=1S/C66H114N16O17S/c1-31(2)26-41(74-60(92)50(69)34(7)8)57(89)72-39(20-22-47(67)83)55(87)70-29-49(85)78-51(35(9)10)61(93)76-43(28-33(5)6)65(97)81-24-16-18-45(81)58(90)71-38(15)54(86)75-42(27-32(3)4)64(96)82-25-17-19-46(82)59(91)73-40(21-23-48(68)84)56(88)79-53(37(13)14)63(95)80-52(36(11)12)62(94)77-44(30-100)66(98)99/h31-46,50-53,100H,16-30,69H2,1-15H3,(H2,67,83)(H2,68,84)(H,70,87)(H,71,90)(H,72,89)(H,73,91)(H,74,92)(H,75,86)(H,76,93)(H,77,94)(H,78,85)(H,79,88)(H,80,95)(H,98,99)/t38-,39-,40-,41-,42-,43-,44-,45-,46-,50-,51-,52-,53-/m0/s1. The molecule has 0 aromatic rings. The lowest BCUT2D eigenvalue weighted by atomic mass is 9.98. The van der Waals surface area contributed by atoms with E-state index in [0.29, 0.717) is 12.8 Å². The zero-order chi connectivity index (χ0) is 76.3. The molecule has 0 spiro atoms. The second-order valence-corrected chi connectivity index (χ2v) is 29.0. The number of rotatable bonds is 42. The summed E-state index contributed by atoms with van der Waals surface area (Å²) in [6.07, 6.45) is 0.0807. The van der Waals surface area contributed by atoms with Crippen molar-refractivity contribution in [3.63, 3.8) is 0 Å². The molecular weight excluding hydrogens is 1320 g/mol. The second-order valence-electron chi connectivity index (χ2n) is 28.6. The number of aliphatic carboxylic acids is 1. The fourth-order valence-electron chi connectivity index (χ4n) is 11.3. The largest absolute Gasteiger partial charge is 0.480 e. The molecule has 0 saturated carbocycles. The first kappa shape index (κ1) is 87.9. The Labute approximate surface area is 592 Å². The average molecular weight is 1440 g/mol. The third-order valence-corrected chi connectivity index (χ3v) is 17.4. The number of nitrogens with one attached hydrogen (secondary N) is 11. The van der Waals surface area contributed by atoms with Gasteiger partial charge in [0.05, 0.1) is 12.6 Å². The number of hydrogen-bond donors (Lipinski definition) is 16. The minimum Gasteiger partial charge on any atom is -0.480 e. The van der Waals surface area contributed by atoms with Crippen molar-refractivity contribution in [2.24, 2.45) is 58.6 Å². The number of hydrogen-bond acceptors (Lipinski definition) is 18. The van der Waals surface area contributed by atoms with Crippen molar-refractivity contribution in [1.29, 1.82) is 0 Å². The van der Waals surface area contributed by atoms with Gasteiger partial charge in [0.1, 0.15) is 72.5 Å². The fourth-order valence-corrected chi connectivity index (χ4v) is 11.6. The highest BCUT2D eigenvalue weighted by Gasteiger charge is 2.43. The lowest BCUT2D eigenvalue weighted by Gasteiger charge is -2.32. The van der Waals surface area contributed by atoms with E-state index in [1.54, 1.807) is 69.2 Å². The molecular formula is C66H114N16O17S. The van der Waals surface area contributed by atoms with Crippen LogP contribution in [0.25, 0.3) is 0 Å². The van der Waals surface area contributed by atoms with Gasteiger partial charge in [-0.3, -0.25) is 71.9 Å². The number of likely N-dealkylation sites (tertiary alicyclic amines) is 2. The lowest BCUT2D eigenvalue weighted by Crippen LogP contribution is -2.61. The molecule has 2 aliphatic heterocycles. The van der Waals surface area contributed by atoms with E-state index in [1.807, 2.05) is 27.7 Å². The molecule has 2 fully saturated rings. The quantitative estimate of drug-likeness (QED) is 0.0283. The number of amides is 15. The highest BCUT2D eigenvalue weighted by atomic mass is 32.1. The Morgan fingerprint density at radius 2 is 0.780 bits per heavy atom. The van der Waals surface area contributed by atoms with Crippen LogP contribution in [0, 0.1) is 41.4 Å². The molecule has 2 heterocycles. The molecule has 13 atom stereocenters. The van der Waals surface area contributed by atoms with Crippen LogP contribution in [0.3, 0.4) is 0 Å². The smallest absolute Gasteiger partial charge is 0.327 e. The molecule has 33 nitrogen and oxygen atoms in total. The summed E-state index contributed by atoms with van der Waals surface area (Å²) in [4.78, 5) is 218. The highest BCUT2D eigenvalue weighted by molar-refractivity contribution is 7.80. The summed E-state index contributed by atoms with van der Waals surface area (Å²) < 4.78 is 0. The minimum atomic E-state index is -1.47. The van der Waals surface area contributed by atoms with E-state index >= 15 is 0 Å². The molecule has 18 N–H and O–H groups in total. The number of carboxylic acid groups (broad SMARTS) is 1. The Morgan fingerprint density at radius 1 is 0.420 bits per heavy atom. The van der Waals surface area contributed by atoms with Gasteiger partial charge >= 0.3 is 5.97 Å². The van der Waals surface area contributed by atoms with Gasteiger partial charge in [-0.25, -0.2) is 4.79 Å². The van der Waals surface area contributed by atoms with Crippen molar-refractivity contribution in [3.8, 4) is 0 Å². The maximum absolute atomic E-state index is 14.6. The second kappa shape index (κ2) is 42.2. The van der Waals surface area contributed by atoms with Crippen LogP contribution in [0.1, 0.15) is 174 Å². The minimum absolute atomic E-state index is 0.0647. The first-order chi connectivity index (χ1) is 46.5. The van der Waals surface area contributed by atoms with Crippen LogP contribution in [-0.4, -0.2) is 213 Å². The third kappa shape index (κ3) is 28.8. The zero-order valence-corrected chi connectivity index (χ0v) is 61.6. The average Bonchev–Trinajstić information content (AvgIpc) is 1.65. The van der Waals surface area contributed by atoms with E-state index in [1.165, 1.54) is 16.7 Å². The number of nitrogens with zero attached hydrogens (tertiary/aromatic N) is 2. The number of carbonyl (C=O) groups excluding carboxylic acids is 15. The summed E-state index contributed by atoms with van der Waals surface area (Å²) in [6.45, 7) is 24.9. The van der Waals surface area contributed by atoms with Crippen LogP contribution < -0.4 is 75.7 Å². The lowest BCUT2D eigenvalue weighted by molar-refractivity contribution is -0.144. The van der Waals surface area contributed by atoms with Gasteiger partial charge in [-0.05, 0) is 106 Å². The zero-order valence-electron chi connectivity index (χ0n) is 60.7. The summed E-state index contributed by atoms with van der Waals surface area (Å²) >= 11 is 3.98. The van der Waals surface area contributed by atoms with E-state index < -0.39 is 197 Å². The van der Waals surface area contributed by atoms with E-state index in [-0.39, 0.29) is 100 Å². The van der Waals surface area contributed by atoms with E-state index in [4.69, 9.17) is 17.2 Å². The Kier molecular flexibility index (Phi) is 37.1. The molecule has 2 aliphatic rings. The number of primary amides is 2. The van der Waals surface area contributed by atoms with Crippen LogP contribution >= 0.6 is 12.6 Å². The fraction of sp³-hybridized carbons (Fsp3) is 0.758. The van der Waals surface area contributed by atoms with Gasteiger partial charge in [-0.2, -0.15) is 12.6 Å². The molecule has 0 aliphatic carbocycles. The molecule has 34 heteroatoms. The van der Waals surface area contributed by atoms with Crippen LogP contribution in [0.15, 0.2) is 0 Å². The Bertz CT molecular complexity index is 2890. The van der Waals surface area contributed by atoms with E-state index in [9.17, 15) is 81.8 Å². The Balaban J connectivity index is 2.27. The van der Waals surface area contributed by atoms with Gasteiger partial charge < -0.3 is 90.6 Å². The molecule has 566 valence electrons. The summed E-state index contributed by atoms with van der Waals surface area (Å²) in [6, 6.07) is -16.1. The van der Waals surface area contributed by atoms with Gasteiger partial charge in [0.25, 0.3) is 0 Å². The van der Waals surface area contributed by atoms with E-state index in [0.717, 1.165) is 0 Å². The summed E-state index contributed by atoms with van der Waals surface area (Å²) in [5, 5.41) is 38.0. The predicted octanol–water partition coefficient (Wildman–Crippen LogP) is -2.41. The van der Waals surface area contributed by atoms with Gasteiger partial charge in [0.2, 0.25) is 88.6 Å². The van der Waals surface area contributed by atoms with Crippen molar-refractivity contribution in [2.45, 2.75) is 253 Å². The van der Waals surface area contributed by atoms with Crippen LogP contribution in [0.4, 0.5) is 0 Å². The highest BCUT2D eigenvalue weighted by Crippen LogP contribution is 2.24. The van der Waals surface area contributed by atoms with Crippen LogP contribution in [-0.2, 0) is 76.7 Å². The molecule has 0 aromatic heterocycles. The SMILES string of the molecule is CC(C)C[C@H](NC(=O)[C@@H](N)C(C)C)C(=O)N[C@@H](CCC(N)=O)C(=O)NCC(=O)N[C@H](C(=O)N[C@@H](CC(C)C)C(=O)N1CCC[C@H]1C(=O)N[C@@H](C)C(=O)N[C@@H](CC(C)C)C(=O)N1CCC[C@H]1C(=O)N[C@@H](CCC(N)=O)C(=O)N[C@H](C(=O)N[C@H](C(=O)N[C@@H](CS)C(=O)O)C(C)C)C(C)C)C(C)C. The van der Waals surface area contributed by atoms with Crippen LogP contribution in [0.5, 0.6) is 0 Å². The van der Waals surface area contributed by atoms with Crippen molar-refractivity contribution in [2.75, 3.05) is 25.4 Å². The van der Waals surface area contributed by atoms with Gasteiger partial charge in [-0.1, -0.05) is 96.9 Å². The third-order valence-electron chi connectivity index (χ3n) is 17.0. The van der Waals surface area contributed by atoms with Crippen molar-refractivity contribution in [1.82, 2.24) is 68.3 Å². The Hall–Kier alpha value is -8.17. The van der Waals surface area contributed by atoms with E-state index in [2.05, 4.69) is 71.1 Å². The molecule has 2 saturated heterocycles. The Morgan fingerprint density at radius 3 is 1.19 bits per heavy atom. The molecule has 100 heavy (non-hydrogen) atoms. The first-order valence-electron chi connectivity index (χ1n) is 34.6. The number of nitrogens with two attached hydrogens (primary N) is 3. The summed E-state index contributed by atoms with van der Waals surface area (Å²) in [5.74, 6) is -15.5. The topological polar surface area (TPSA) is 510 Å². The monoisotopic (exact) mass is 1430 g/mol. The first-order valence-corrected chi connectivity index (χ1v) is 35.2. The number of carboxylic acids is 1. The predicted molar refractivity (Wildman–Crippen MR) is 371 cm³/mol. The molecule has 0 bridgehead atoms. The molecule has 0 unspecified atom stereocenters. The van der Waals surface area contributed by atoms with Crippen molar-refractivity contribution in [3.05, 3.63) is 0 Å². The molecule has 0 radical (unpaired) electrons. The normalized spacial score (nSPS) is 17.9. The molecule has 0 aromatic carbocycles. The van der Waals surface area contributed by atoms with Gasteiger partial charge in [-0.15, -0.1) is 0 Å². The van der Waals surface area contributed by atoms with Crippen molar-refractivity contribution >= 4 is 107 Å². The van der Waals surface area contributed by atoms with Crippen LogP contribution in [0.2, 0.25) is 0 Å². The van der Waals surface area contributed by atoms with Gasteiger partial charge in [0.15, 0.2) is 0 Å². The maximum Gasteiger partial charge on any atom is 0.327 e. The van der Waals surface area contributed by atoms with Crippen molar-refractivity contribution < 1.29 is 81.8 Å². The summed E-state index contributed by atoms with van der Waals surface area (Å²) in [7, 11) is 0. The number of thiol groups is 1. The van der Waals surface area contributed by atoms with Gasteiger partial charge in [0, 0.05) is 31.7 Å². The molecule has 2 rings (SSSR count). The maximum atomic E-state index is 14.6. The summed E-state index contributed by atoms with van der Waals surface area (Å²) in [5.41, 5.74) is 16.9. The molecule has 15 amide bonds.